The number of unbranched alkanes of at least 4 members (excludes halogenated alkanes) is 1. The molecule has 0 saturated heterocycles. The normalized spacial score (nSPS) is 10.4. The Bertz CT molecular complexity index is 568. The molecule has 5 nitrogen and oxygen atoms in total. The predicted octanol–water partition coefficient (Wildman–Crippen LogP) is 2.09. The monoisotopic (exact) mass is 230 g/mol. The highest BCUT2D eigenvalue weighted by Gasteiger charge is 2.08. The fourth-order valence-electron chi connectivity index (χ4n) is 1.53. The molecule has 2 rings (SSSR count). The molecule has 2 aromatic rings. The first-order valence-corrected chi connectivity index (χ1v) is 5.64. The van der Waals surface area contributed by atoms with E-state index in [1.807, 2.05) is 6.92 Å². The largest absolute Gasteiger partial charge is 0.477 e. The average Bonchev–Trinajstić information content (AvgIpc) is 2.74. The van der Waals surface area contributed by atoms with Crippen molar-refractivity contribution in [1.29, 1.82) is 5.26 Å². The summed E-state index contributed by atoms with van der Waals surface area (Å²) < 4.78 is 7.14. The molecular formula is C12H14N4O. The van der Waals surface area contributed by atoms with Crippen LogP contribution in [0.4, 0.5) is 0 Å². The van der Waals surface area contributed by atoms with Gasteiger partial charge in [-0.2, -0.15) is 5.26 Å². The molecule has 0 aromatic carbocycles. The molecular weight excluding hydrogens is 216 g/mol. The average molecular weight is 230 g/mol. The standard InChI is InChI=1S/C12H14N4O/c1-3-4-5-17-12-6-11-14-8-10(7-13)9(2)16(11)15-12/h6,8H,3-5H2,1-2H3. The topological polar surface area (TPSA) is 63.2 Å². The molecule has 5 heteroatoms. The fraction of sp³-hybridized carbons (Fsp3) is 0.417. The number of ether oxygens (including phenoxy) is 1. The number of nitriles is 1. The van der Waals surface area contributed by atoms with Gasteiger partial charge >= 0.3 is 0 Å². The van der Waals surface area contributed by atoms with Gasteiger partial charge in [-0.15, -0.1) is 5.10 Å². The van der Waals surface area contributed by atoms with Gasteiger partial charge in [-0.25, -0.2) is 9.50 Å². The van der Waals surface area contributed by atoms with Crippen LogP contribution in [-0.2, 0) is 0 Å². The second-order valence-electron chi connectivity index (χ2n) is 3.82. The van der Waals surface area contributed by atoms with Gasteiger partial charge in [-0.1, -0.05) is 13.3 Å². The van der Waals surface area contributed by atoms with Crippen LogP contribution in [-0.4, -0.2) is 21.2 Å². The fourth-order valence-corrected chi connectivity index (χ4v) is 1.53. The maximum Gasteiger partial charge on any atom is 0.235 e. The molecule has 0 aliphatic rings. The van der Waals surface area contributed by atoms with E-state index in [2.05, 4.69) is 23.1 Å². The first-order valence-electron chi connectivity index (χ1n) is 5.64. The molecule has 0 N–H and O–H groups in total. The molecule has 0 aliphatic heterocycles. The van der Waals surface area contributed by atoms with Gasteiger partial charge in [0.2, 0.25) is 5.88 Å². The molecule has 0 fully saturated rings. The number of hydrogen-bond donors (Lipinski definition) is 0. The van der Waals surface area contributed by atoms with Crippen LogP contribution in [0, 0.1) is 18.3 Å². The van der Waals surface area contributed by atoms with Crippen molar-refractivity contribution in [3.8, 4) is 11.9 Å². The highest BCUT2D eigenvalue weighted by atomic mass is 16.5. The van der Waals surface area contributed by atoms with E-state index in [9.17, 15) is 0 Å². The lowest BCUT2D eigenvalue weighted by Crippen LogP contribution is -2.00. The first-order chi connectivity index (χ1) is 8.26. The second-order valence-corrected chi connectivity index (χ2v) is 3.82. The van der Waals surface area contributed by atoms with Crippen LogP contribution in [0.25, 0.3) is 5.65 Å². The van der Waals surface area contributed by atoms with Crippen LogP contribution in [0.1, 0.15) is 31.0 Å². The van der Waals surface area contributed by atoms with E-state index >= 15 is 0 Å². The van der Waals surface area contributed by atoms with Crippen molar-refractivity contribution >= 4 is 5.65 Å². The summed E-state index contributed by atoms with van der Waals surface area (Å²) in [6.07, 6.45) is 3.65. The summed E-state index contributed by atoms with van der Waals surface area (Å²) in [7, 11) is 0. The number of aryl methyl sites for hydroxylation is 1. The predicted molar refractivity (Wildman–Crippen MR) is 62.8 cm³/mol. The van der Waals surface area contributed by atoms with Crippen LogP contribution >= 0.6 is 0 Å². The molecule has 0 atom stereocenters. The zero-order valence-corrected chi connectivity index (χ0v) is 9.97. The lowest BCUT2D eigenvalue weighted by Gasteiger charge is -2.00. The van der Waals surface area contributed by atoms with Crippen molar-refractivity contribution < 1.29 is 4.74 Å². The van der Waals surface area contributed by atoms with Crippen molar-refractivity contribution in [2.45, 2.75) is 26.7 Å². The van der Waals surface area contributed by atoms with Crippen LogP contribution in [0.3, 0.4) is 0 Å². The third kappa shape index (κ3) is 2.21. The van der Waals surface area contributed by atoms with E-state index in [-0.39, 0.29) is 0 Å². The van der Waals surface area contributed by atoms with Crippen molar-refractivity contribution in [3.63, 3.8) is 0 Å². The van der Waals surface area contributed by atoms with Crippen molar-refractivity contribution in [1.82, 2.24) is 14.6 Å². The summed E-state index contributed by atoms with van der Waals surface area (Å²) in [6, 6.07) is 3.87. The SMILES string of the molecule is CCCCOc1cc2ncc(C#N)c(C)n2n1. The minimum absolute atomic E-state index is 0.528. The smallest absolute Gasteiger partial charge is 0.235 e. The van der Waals surface area contributed by atoms with Crippen LogP contribution in [0.5, 0.6) is 5.88 Å². The van der Waals surface area contributed by atoms with Crippen molar-refractivity contribution in [2.24, 2.45) is 0 Å². The Morgan fingerprint density at radius 1 is 1.53 bits per heavy atom. The Morgan fingerprint density at radius 3 is 3.06 bits per heavy atom. The minimum atomic E-state index is 0.528. The van der Waals surface area contributed by atoms with Crippen LogP contribution in [0.2, 0.25) is 0 Å². The zero-order valence-electron chi connectivity index (χ0n) is 9.97. The summed E-state index contributed by atoms with van der Waals surface area (Å²) in [5, 5.41) is 13.2. The lowest BCUT2D eigenvalue weighted by molar-refractivity contribution is 0.296. The zero-order chi connectivity index (χ0) is 12.3. The maximum atomic E-state index is 8.90. The summed E-state index contributed by atoms with van der Waals surface area (Å²) in [5.41, 5.74) is 2.01. The Labute approximate surface area is 99.7 Å². The van der Waals surface area contributed by atoms with E-state index in [4.69, 9.17) is 10.00 Å². The summed E-state index contributed by atoms with van der Waals surface area (Å²) in [4.78, 5) is 4.16. The van der Waals surface area contributed by atoms with Gasteiger partial charge in [0.05, 0.1) is 17.9 Å². The third-order valence-corrected chi connectivity index (χ3v) is 2.57. The van der Waals surface area contributed by atoms with Gasteiger partial charge in [0.15, 0.2) is 5.65 Å². The molecule has 2 heterocycles. The molecule has 0 radical (unpaired) electrons. The Kier molecular flexibility index (Phi) is 3.24. The summed E-state index contributed by atoms with van der Waals surface area (Å²) >= 11 is 0. The van der Waals surface area contributed by atoms with Gasteiger partial charge in [-0.05, 0) is 13.3 Å². The lowest BCUT2D eigenvalue weighted by atomic mass is 10.3. The summed E-state index contributed by atoms with van der Waals surface area (Å²) in [6.45, 7) is 4.61. The van der Waals surface area contributed by atoms with E-state index in [1.54, 1.807) is 16.8 Å². The van der Waals surface area contributed by atoms with E-state index in [0.717, 1.165) is 18.5 Å². The Balaban J connectivity index is 2.31. The molecule has 17 heavy (non-hydrogen) atoms. The number of rotatable bonds is 4. The second kappa shape index (κ2) is 4.83. The number of hydrogen-bond acceptors (Lipinski definition) is 4. The molecule has 0 saturated carbocycles. The van der Waals surface area contributed by atoms with E-state index in [0.29, 0.717) is 23.7 Å². The first kappa shape index (κ1) is 11.4. The van der Waals surface area contributed by atoms with Gasteiger partial charge in [0, 0.05) is 12.3 Å². The Morgan fingerprint density at radius 2 is 2.35 bits per heavy atom. The number of fused-ring (bicyclic) bond motifs is 1. The number of nitrogens with zero attached hydrogens (tertiary/aromatic N) is 4. The molecule has 0 amide bonds. The van der Waals surface area contributed by atoms with Crippen molar-refractivity contribution in [2.75, 3.05) is 6.61 Å². The summed E-state index contributed by atoms with van der Waals surface area (Å²) in [5.74, 6) is 0.559. The Hall–Kier alpha value is -2.09. The quantitative estimate of drug-likeness (QED) is 0.754. The number of aromatic nitrogens is 3. The van der Waals surface area contributed by atoms with Crippen molar-refractivity contribution in [3.05, 3.63) is 23.5 Å². The molecule has 0 aliphatic carbocycles. The van der Waals surface area contributed by atoms with Gasteiger partial charge in [0.25, 0.3) is 0 Å². The van der Waals surface area contributed by atoms with Gasteiger partial charge in [0.1, 0.15) is 6.07 Å². The highest BCUT2D eigenvalue weighted by Crippen LogP contribution is 2.15. The molecule has 88 valence electrons. The highest BCUT2D eigenvalue weighted by molar-refractivity contribution is 5.46. The maximum absolute atomic E-state index is 8.90. The van der Waals surface area contributed by atoms with Crippen LogP contribution in [0.15, 0.2) is 12.3 Å². The van der Waals surface area contributed by atoms with Gasteiger partial charge in [-0.3, -0.25) is 0 Å². The molecule has 0 spiro atoms. The van der Waals surface area contributed by atoms with E-state index in [1.165, 1.54) is 0 Å². The molecule has 2 aromatic heterocycles. The molecule has 0 bridgehead atoms. The minimum Gasteiger partial charge on any atom is -0.477 e. The van der Waals surface area contributed by atoms with Gasteiger partial charge < -0.3 is 4.74 Å². The molecule has 0 unspecified atom stereocenters. The third-order valence-electron chi connectivity index (χ3n) is 2.57. The van der Waals surface area contributed by atoms with E-state index < -0.39 is 0 Å². The van der Waals surface area contributed by atoms with Crippen LogP contribution < -0.4 is 4.74 Å².